The molecule has 2 rings (SSSR count). The molecule has 1 N–H and O–H groups in total. The average Bonchev–Trinajstić information content (AvgIpc) is 2.82. The van der Waals surface area contributed by atoms with E-state index in [1.807, 2.05) is 24.4 Å². The summed E-state index contributed by atoms with van der Waals surface area (Å²) in [6, 6.07) is 9.11. The van der Waals surface area contributed by atoms with Gasteiger partial charge in [-0.3, -0.25) is 0 Å². The second-order valence-corrected chi connectivity index (χ2v) is 5.80. The van der Waals surface area contributed by atoms with Crippen LogP contribution in [0.4, 0.5) is 4.39 Å². The van der Waals surface area contributed by atoms with Gasteiger partial charge in [-0.1, -0.05) is 22.0 Å². The van der Waals surface area contributed by atoms with Crippen molar-refractivity contribution in [3.63, 3.8) is 0 Å². The molecule has 1 aromatic heterocycles. The highest BCUT2D eigenvalue weighted by Gasteiger charge is 2.10. The monoisotopic (exact) mass is 313 g/mol. The SMILES string of the molecule is CC(NCc1cccs1)c1cc(Br)ccc1F. The Morgan fingerprint density at radius 2 is 2.24 bits per heavy atom. The second kappa shape index (κ2) is 5.76. The van der Waals surface area contributed by atoms with Crippen LogP contribution in [0.5, 0.6) is 0 Å². The summed E-state index contributed by atoms with van der Waals surface area (Å²) in [5.41, 5.74) is 0.691. The van der Waals surface area contributed by atoms with Crippen molar-refractivity contribution in [3.05, 3.63) is 56.4 Å². The van der Waals surface area contributed by atoms with Gasteiger partial charge in [-0.2, -0.15) is 0 Å². The van der Waals surface area contributed by atoms with Crippen LogP contribution in [0.1, 0.15) is 23.4 Å². The summed E-state index contributed by atoms with van der Waals surface area (Å²) in [4.78, 5) is 1.26. The summed E-state index contributed by atoms with van der Waals surface area (Å²) in [6.45, 7) is 2.74. The molecule has 0 bridgehead atoms. The molecule has 1 heterocycles. The summed E-state index contributed by atoms with van der Waals surface area (Å²) in [6.07, 6.45) is 0. The van der Waals surface area contributed by atoms with E-state index in [2.05, 4.69) is 27.3 Å². The molecule has 0 spiro atoms. The molecule has 0 radical (unpaired) electrons. The molecule has 1 nitrogen and oxygen atoms in total. The number of hydrogen-bond acceptors (Lipinski definition) is 2. The van der Waals surface area contributed by atoms with E-state index >= 15 is 0 Å². The van der Waals surface area contributed by atoms with Crippen molar-refractivity contribution in [3.8, 4) is 0 Å². The van der Waals surface area contributed by atoms with Gasteiger partial charge in [-0.25, -0.2) is 4.39 Å². The Morgan fingerprint density at radius 1 is 1.41 bits per heavy atom. The fraction of sp³-hybridized carbons (Fsp3) is 0.231. The summed E-state index contributed by atoms with van der Waals surface area (Å²) < 4.78 is 14.5. The van der Waals surface area contributed by atoms with Gasteiger partial charge in [0.2, 0.25) is 0 Å². The standard InChI is InChI=1S/C13H13BrFNS/c1-9(16-8-11-3-2-6-17-11)12-7-10(14)4-5-13(12)15/h2-7,9,16H,8H2,1H3. The van der Waals surface area contributed by atoms with Crippen molar-refractivity contribution in [1.82, 2.24) is 5.32 Å². The molecule has 0 amide bonds. The quantitative estimate of drug-likeness (QED) is 0.876. The summed E-state index contributed by atoms with van der Waals surface area (Å²) in [5, 5.41) is 5.36. The van der Waals surface area contributed by atoms with E-state index in [4.69, 9.17) is 0 Å². The van der Waals surface area contributed by atoms with Crippen LogP contribution in [-0.2, 0) is 6.54 Å². The van der Waals surface area contributed by atoms with Crippen LogP contribution in [0.3, 0.4) is 0 Å². The minimum absolute atomic E-state index is 0.00500. The molecular weight excluding hydrogens is 301 g/mol. The molecule has 17 heavy (non-hydrogen) atoms. The maximum atomic E-state index is 13.6. The summed E-state index contributed by atoms with van der Waals surface area (Å²) in [7, 11) is 0. The van der Waals surface area contributed by atoms with E-state index in [-0.39, 0.29) is 11.9 Å². The fourth-order valence-electron chi connectivity index (χ4n) is 1.62. The van der Waals surface area contributed by atoms with Gasteiger partial charge in [0.15, 0.2) is 0 Å². The molecule has 1 atom stereocenters. The van der Waals surface area contributed by atoms with Gasteiger partial charge in [-0.05, 0) is 36.6 Å². The first kappa shape index (κ1) is 12.7. The van der Waals surface area contributed by atoms with E-state index in [1.165, 1.54) is 10.9 Å². The highest BCUT2D eigenvalue weighted by atomic mass is 79.9. The molecule has 4 heteroatoms. The van der Waals surface area contributed by atoms with Gasteiger partial charge in [0.1, 0.15) is 5.82 Å². The molecule has 0 aliphatic heterocycles. The Bertz CT molecular complexity index is 484. The summed E-state index contributed by atoms with van der Waals surface area (Å²) >= 11 is 5.06. The fourth-order valence-corrected chi connectivity index (χ4v) is 2.66. The van der Waals surface area contributed by atoms with Gasteiger partial charge in [0.25, 0.3) is 0 Å². The molecule has 90 valence electrons. The van der Waals surface area contributed by atoms with Crippen LogP contribution in [0.25, 0.3) is 0 Å². The number of hydrogen-bond donors (Lipinski definition) is 1. The Morgan fingerprint density at radius 3 is 2.94 bits per heavy atom. The van der Waals surface area contributed by atoms with Gasteiger partial charge < -0.3 is 5.32 Å². The topological polar surface area (TPSA) is 12.0 Å². The van der Waals surface area contributed by atoms with Crippen molar-refractivity contribution in [2.24, 2.45) is 0 Å². The van der Waals surface area contributed by atoms with E-state index < -0.39 is 0 Å². The van der Waals surface area contributed by atoms with Crippen LogP contribution in [0.15, 0.2) is 40.2 Å². The highest BCUT2D eigenvalue weighted by Crippen LogP contribution is 2.22. The zero-order valence-electron chi connectivity index (χ0n) is 9.41. The molecule has 1 aromatic carbocycles. The number of nitrogens with one attached hydrogen (secondary N) is 1. The predicted octanol–water partition coefficient (Wildman–Crippen LogP) is 4.50. The highest BCUT2D eigenvalue weighted by molar-refractivity contribution is 9.10. The van der Waals surface area contributed by atoms with Crippen molar-refractivity contribution in [2.75, 3.05) is 0 Å². The lowest BCUT2D eigenvalue weighted by Gasteiger charge is -2.14. The van der Waals surface area contributed by atoms with E-state index in [1.54, 1.807) is 17.4 Å². The Hall–Kier alpha value is -0.710. The largest absolute Gasteiger partial charge is 0.305 e. The second-order valence-electron chi connectivity index (χ2n) is 3.85. The third-order valence-corrected chi connectivity index (χ3v) is 3.96. The van der Waals surface area contributed by atoms with Crippen molar-refractivity contribution < 1.29 is 4.39 Å². The van der Waals surface area contributed by atoms with Crippen LogP contribution < -0.4 is 5.32 Å². The van der Waals surface area contributed by atoms with Crippen LogP contribution >= 0.6 is 27.3 Å². The Balaban J connectivity index is 2.04. The van der Waals surface area contributed by atoms with E-state index in [0.29, 0.717) is 5.56 Å². The first-order chi connectivity index (χ1) is 8.16. The molecule has 0 saturated carbocycles. The van der Waals surface area contributed by atoms with Crippen LogP contribution in [0.2, 0.25) is 0 Å². The zero-order valence-corrected chi connectivity index (χ0v) is 11.8. The molecule has 1 unspecified atom stereocenters. The van der Waals surface area contributed by atoms with Crippen molar-refractivity contribution in [2.45, 2.75) is 19.5 Å². The number of benzene rings is 1. The lowest BCUT2D eigenvalue weighted by atomic mass is 10.1. The maximum Gasteiger partial charge on any atom is 0.128 e. The van der Waals surface area contributed by atoms with Crippen LogP contribution in [0, 0.1) is 5.82 Å². The molecule has 0 fully saturated rings. The first-order valence-corrected chi connectivity index (χ1v) is 7.05. The molecule has 2 aromatic rings. The molecule has 0 saturated heterocycles. The Kier molecular flexibility index (Phi) is 4.31. The third-order valence-electron chi connectivity index (χ3n) is 2.59. The molecular formula is C13H13BrFNS. The van der Waals surface area contributed by atoms with E-state index in [0.717, 1.165) is 11.0 Å². The average molecular weight is 314 g/mol. The minimum atomic E-state index is -0.167. The number of rotatable bonds is 4. The number of thiophene rings is 1. The molecule has 0 aliphatic rings. The van der Waals surface area contributed by atoms with Gasteiger partial charge in [-0.15, -0.1) is 11.3 Å². The smallest absolute Gasteiger partial charge is 0.128 e. The van der Waals surface area contributed by atoms with Gasteiger partial charge >= 0.3 is 0 Å². The lowest BCUT2D eigenvalue weighted by molar-refractivity contribution is 0.530. The minimum Gasteiger partial charge on any atom is -0.305 e. The van der Waals surface area contributed by atoms with Crippen molar-refractivity contribution >= 4 is 27.3 Å². The first-order valence-electron chi connectivity index (χ1n) is 5.37. The van der Waals surface area contributed by atoms with Crippen molar-refractivity contribution in [1.29, 1.82) is 0 Å². The van der Waals surface area contributed by atoms with E-state index in [9.17, 15) is 4.39 Å². The Labute approximate surface area is 113 Å². The molecule has 0 aliphatic carbocycles. The lowest BCUT2D eigenvalue weighted by Crippen LogP contribution is -2.18. The predicted molar refractivity (Wildman–Crippen MR) is 73.7 cm³/mol. The number of halogens is 2. The maximum absolute atomic E-state index is 13.6. The van der Waals surface area contributed by atoms with Gasteiger partial charge in [0.05, 0.1) is 0 Å². The van der Waals surface area contributed by atoms with Crippen LogP contribution in [-0.4, -0.2) is 0 Å². The van der Waals surface area contributed by atoms with Gasteiger partial charge in [0, 0.05) is 27.5 Å². The zero-order chi connectivity index (χ0) is 12.3. The normalized spacial score (nSPS) is 12.6. The third kappa shape index (κ3) is 3.37. The summed E-state index contributed by atoms with van der Waals surface area (Å²) in [5.74, 6) is -0.167.